The fraction of sp³-hybridized carbons (Fsp3) is 0.618. The second kappa shape index (κ2) is 14.7. The monoisotopic (exact) mass is 691 g/mol. The number of carbonyl (C=O) groups is 5. The SMILES string of the molecule is CC(C)(C)OC(=O)N[C@H]1CCCCC/C=C\[C@H]2C[C@@]2(C(=O)NCC(F)F)NC(=O)[C@@H]2C[C@@H](OC(=O)N3Cc4cccc(F)c4C3)CN2C1=O. The minimum absolute atomic E-state index is 0.00679. The molecular weight excluding hydrogens is 647 g/mol. The van der Waals surface area contributed by atoms with E-state index in [0.717, 1.165) is 6.42 Å². The minimum atomic E-state index is -2.79. The molecule has 0 bridgehead atoms. The van der Waals surface area contributed by atoms with Crippen LogP contribution in [0.1, 0.15) is 76.8 Å². The van der Waals surface area contributed by atoms with Gasteiger partial charge < -0.3 is 30.3 Å². The van der Waals surface area contributed by atoms with Gasteiger partial charge in [-0.05, 0) is 58.1 Å². The Morgan fingerprint density at radius 2 is 1.90 bits per heavy atom. The van der Waals surface area contributed by atoms with Gasteiger partial charge in [0.2, 0.25) is 17.7 Å². The fourth-order valence-corrected chi connectivity index (χ4v) is 6.67. The molecule has 1 saturated heterocycles. The number of rotatable bonds is 5. The van der Waals surface area contributed by atoms with Crippen LogP contribution in [0.2, 0.25) is 0 Å². The second-order valence-electron chi connectivity index (χ2n) is 14.1. The smallest absolute Gasteiger partial charge is 0.410 e. The standard InChI is InChI=1S/C34H44F3N5O7/c1-33(2,3)49-31(46)39-25-13-8-6-4-5-7-11-21-15-34(21,30(45)38-16-27(36)37)40-28(43)26-14-22(18-42(26)29(25)44)48-32(47)41-17-20-10-9-12-24(35)23(20)19-41/h7,9-12,21-22,25-27H,4-6,8,13-19H2,1-3H3,(H,38,45)(H,39,46)(H,40,43)/b11-7-/t21-,22+,25-,26-,34+/m0/s1. The zero-order valence-corrected chi connectivity index (χ0v) is 27.9. The molecular formula is C34H44F3N5O7. The summed E-state index contributed by atoms with van der Waals surface area (Å²) in [4.78, 5) is 70.0. The summed E-state index contributed by atoms with van der Waals surface area (Å²) in [5, 5.41) is 7.60. The van der Waals surface area contributed by atoms with Gasteiger partial charge in [-0.3, -0.25) is 19.3 Å². The lowest BCUT2D eigenvalue weighted by Crippen LogP contribution is -2.58. The summed E-state index contributed by atoms with van der Waals surface area (Å²) in [6.07, 6.45) is 1.36. The van der Waals surface area contributed by atoms with Crippen molar-refractivity contribution in [3.05, 3.63) is 47.3 Å². The zero-order valence-electron chi connectivity index (χ0n) is 27.9. The van der Waals surface area contributed by atoms with Crippen molar-refractivity contribution in [1.82, 2.24) is 25.8 Å². The third-order valence-electron chi connectivity index (χ3n) is 9.20. The number of ether oxygens (including phenoxy) is 2. The first-order chi connectivity index (χ1) is 23.2. The molecule has 1 aromatic carbocycles. The van der Waals surface area contributed by atoms with Crippen molar-refractivity contribution in [3.63, 3.8) is 0 Å². The van der Waals surface area contributed by atoms with Crippen LogP contribution in [0.15, 0.2) is 30.4 Å². The van der Waals surface area contributed by atoms with Crippen molar-refractivity contribution in [2.24, 2.45) is 5.92 Å². The molecule has 5 atom stereocenters. The molecule has 0 unspecified atom stereocenters. The lowest BCUT2D eigenvalue weighted by molar-refractivity contribution is -0.141. The number of fused-ring (bicyclic) bond motifs is 3. The van der Waals surface area contributed by atoms with E-state index >= 15 is 0 Å². The van der Waals surface area contributed by atoms with Gasteiger partial charge in [-0.2, -0.15) is 0 Å². The quantitative estimate of drug-likeness (QED) is 0.397. The Morgan fingerprint density at radius 1 is 1.12 bits per heavy atom. The topological polar surface area (TPSA) is 146 Å². The van der Waals surface area contributed by atoms with E-state index in [-0.39, 0.29) is 38.9 Å². The number of hydrogen-bond acceptors (Lipinski definition) is 7. The first kappa shape index (κ1) is 36.0. The lowest BCUT2D eigenvalue weighted by atomic mass is 10.0. The highest BCUT2D eigenvalue weighted by Crippen LogP contribution is 2.45. The molecule has 3 heterocycles. The number of nitrogens with one attached hydrogen (secondary N) is 3. The predicted octanol–water partition coefficient (Wildman–Crippen LogP) is 3.92. The number of alkyl halides is 2. The summed E-state index contributed by atoms with van der Waals surface area (Å²) in [6, 6.07) is 2.28. The van der Waals surface area contributed by atoms with Gasteiger partial charge in [0, 0.05) is 24.4 Å². The largest absolute Gasteiger partial charge is 0.444 e. The number of benzene rings is 1. The minimum Gasteiger partial charge on any atom is -0.444 e. The summed E-state index contributed by atoms with van der Waals surface area (Å²) in [7, 11) is 0. The number of halogens is 3. The summed E-state index contributed by atoms with van der Waals surface area (Å²) in [6.45, 7) is 4.09. The van der Waals surface area contributed by atoms with Gasteiger partial charge in [0.15, 0.2) is 0 Å². The summed E-state index contributed by atoms with van der Waals surface area (Å²) in [5.74, 6) is -2.97. The molecule has 1 aromatic rings. The van der Waals surface area contributed by atoms with E-state index < -0.39 is 83.9 Å². The molecule has 15 heteroatoms. The Morgan fingerprint density at radius 3 is 2.61 bits per heavy atom. The molecule has 12 nitrogen and oxygen atoms in total. The molecule has 1 saturated carbocycles. The van der Waals surface area contributed by atoms with E-state index in [9.17, 15) is 37.1 Å². The number of hydrogen-bond donors (Lipinski definition) is 3. The van der Waals surface area contributed by atoms with Crippen molar-refractivity contribution in [3.8, 4) is 0 Å². The maximum atomic E-state index is 14.3. The highest BCUT2D eigenvalue weighted by Gasteiger charge is 2.61. The van der Waals surface area contributed by atoms with Crippen molar-refractivity contribution in [2.75, 3.05) is 13.1 Å². The number of carbonyl (C=O) groups excluding carboxylic acids is 5. The Hall–Kier alpha value is -4.30. The molecule has 0 aromatic heterocycles. The molecule has 1 aliphatic carbocycles. The maximum absolute atomic E-state index is 14.3. The fourth-order valence-electron chi connectivity index (χ4n) is 6.67. The van der Waals surface area contributed by atoms with Crippen molar-refractivity contribution >= 4 is 29.9 Å². The highest BCUT2D eigenvalue weighted by atomic mass is 19.3. The molecule has 5 rings (SSSR count). The highest BCUT2D eigenvalue weighted by molar-refractivity contribution is 5.98. The molecule has 4 aliphatic rings. The van der Waals surface area contributed by atoms with E-state index in [1.54, 1.807) is 39.0 Å². The van der Waals surface area contributed by atoms with E-state index in [2.05, 4.69) is 16.0 Å². The van der Waals surface area contributed by atoms with E-state index in [4.69, 9.17) is 9.47 Å². The van der Waals surface area contributed by atoms with Crippen LogP contribution >= 0.6 is 0 Å². The predicted molar refractivity (Wildman–Crippen MR) is 169 cm³/mol. The van der Waals surface area contributed by atoms with E-state index in [1.807, 2.05) is 6.08 Å². The molecule has 0 spiro atoms. The summed E-state index contributed by atoms with van der Waals surface area (Å²) >= 11 is 0. The van der Waals surface area contributed by atoms with Crippen LogP contribution in [-0.4, -0.2) is 88.6 Å². The number of alkyl carbamates (subject to hydrolysis) is 1. The van der Waals surface area contributed by atoms with Gasteiger partial charge in [-0.25, -0.2) is 22.8 Å². The normalized spacial score (nSPS) is 27.9. The van der Waals surface area contributed by atoms with Gasteiger partial charge in [-0.15, -0.1) is 0 Å². The van der Waals surface area contributed by atoms with Crippen LogP contribution in [-0.2, 0) is 36.9 Å². The van der Waals surface area contributed by atoms with Gasteiger partial charge >= 0.3 is 12.2 Å². The third-order valence-corrected chi connectivity index (χ3v) is 9.20. The molecule has 268 valence electrons. The zero-order chi connectivity index (χ0) is 35.5. The van der Waals surface area contributed by atoms with Crippen LogP contribution in [0.4, 0.5) is 22.8 Å². The Bertz CT molecular complexity index is 1480. The van der Waals surface area contributed by atoms with Crippen LogP contribution in [0.3, 0.4) is 0 Å². The second-order valence-corrected chi connectivity index (χ2v) is 14.1. The lowest BCUT2D eigenvalue weighted by Gasteiger charge is -2.30. The maximum Gasteiger partial charge on any atom is 0.410 e. The Kier molecular flexibility index (Phi) is 10.8. The van der Waals surface area contributed by atoms with Crippen LogP contribution in [0.25, 0.3) is 0 Å². The van der Waals surface area contributed by atoms with Gasteiger partial charge in [0.1, 0.15) is 35.1 Å². The Balaban J connectivity index is 1.39. The van der Waals surface area contributed by atoms with Crippen molar-refractivity contribution in [1.29, 1.82) is 0 Å². The Labute approximate surface area is 283 Å². The average Bonchev–Trinajstić information content (AvgIpc) is 3.33. The summed E-state index contributed by atoms with van der Waals surface area (Å²) in [5.41, 5.74) is -1.31. The average molecular weight is 692 g/mol. The molecule has 5 amide bonds. The van der Waals surface area contributed by atoms with Gasteiger partial charge in [0.05, 0.1) is 19.6 Å². The van der Waals surface area contributed by atoms with Crippen molar-refractivity contribution in [2.45, 2.75) is 115 Å². The summed E-state index contributed by atoms with van der Waals surface area (Å²) < 4.78 is 51.5. The van der Waals surface area contributed by atoms with Crippen LogP contribution < -0.4 is 16.0 Å². The first-order valence-corrected chi connectivity index (χ1v) is 16.7. The number of amides is 5. The van der Waals surface area contributed by atoms with Gasteiger partial charge in [0.25, 0.3) is 6.43 Å². The van der Waals surface area contributed by atoms with Crippen LogP contribution in [0.5, 0.6) is 0 Å². The molecule has 49 heavy (non-hydrogen) atoms. The number of nitrogens with zero attached hydrogens (tertiary/aromatic N) is 2. The molecule has 2 fully saturated rings. The van der Waals surface area contributed by atoms with E-state index in [0.29, 0.717) is 30.4 Å². The van der Waals surface area contributed by atoms with Crippen LogP contribution in [0, 0.1) is 11.7 Å². The third kappa shape index (κ3) is 8.66. The molecule has 0 radical (unpaired) electrons. The molecule has 3 N–H and O–H groups in total. The van der Waals surface area contributed by atoms with Gasteiger partial charge in [-0.1, -0.05) is 37.1 Å². The first-order valence-electron chi connectivity index (χ1n) is 16.7. The van der Waals surface area contributed by atoms with Crippen molar-refractivity contribution < 1.29 is 46.6 Å². The van der Waals surface area contributed by atoms with E-state index in [1.165, 1.54) is 15.9 Å². The molecule has 3 aliphatic heterocycles. The number of allylic oxidation sites excluding steroid dienone is 1.